The normalized spacial score (nSPS) is 14.2. The summed E-state index contributed by atoms with van der Waals surface area (Å²) in [4.78, 5) is 36.5. The summed E-state index contributed by atoms with van der Waals surface area (Å²) in [6, 6.07) is 4.08. The average molecular weight is 367 g/mol. The van der Waals surface area contributed by atoms with E-state index in [1.165, 1.54) is 6.20 Å². The fourth-order valence-electron chi connectivity index (χ4n) is 3.41. The van der Waals surface area contributed by atoms with Crippen LogP contribution in [-0.4, -0.2) is 52.9 Å². The van der Waals surface area contributed by atoms with E-state index in [2.05, 4.69) is 20.2 Å². The maximum Gasteiger partial charge on any atom is 0.275 e. The van der Waals surface area contributed by atoms with E-state index in [1.54, 1.807) is 13.1 Å². The van der Waals surface area contributed by atoms with Gasteiger partial charge in [0.1, 0.15) is 11.5 Å². The third-order valence-electron chi connectivity index (χ3n) is 4.84. The fourth-order valence-corrected chi connectivity index (χ4v) is 3.41. The van der Waals surface area contributed by atoms with Crippen molar-refractivity contribution in [3.63, 3.8) is 0 Å². The van der Waals surface area contributed by atoms with Gasteiger partial charge in [0.25, 0.3) is 5.91 Å². The molecule has 0 aliphatic carbocycles. The number of aromatic nitrogens is 2. The van der Waals surface area contributed by atoms with Gasteiger partial charge in [0.15, 0.2) is 0 Å². The van der Waals surface area contributed by atoms with Crippen molar-refractivity contribution in [2.75, 3.05) is 36.4 Å². The zero-order valence-corrected chi connectivity index (χ0v) is 16.2. The molecular formula is C20H25N5O2. The minimum Gasteiger partial charge on any atom is -0.352 e. The van der Waals surface area contributed by atoms with Crippen LogP contribution in [0.3, 0.4) is 0 Å². The molecule has 2 heterocycles. The molecule has 1 aliphatic heterocycles. The number of rotatable bonds is 3. The highest BCUT2D eigenvalue weighted by Gasteiger charge is 2.20. The molecule has 1 aromatic carbocycles. The summed E-state index contributed by atoms with van der Waals surface area (Å²) in [6.45, 7) is 10.3. The molecule has 1 fully saturated rings. The van der Waals surface area contributed by atoms with Crippen molar-refractivity contribution in [3.05, 3.63) is 46.9 Å². The third kappa shape index (κ3) is 4.24. The minimum absolute atomic E-state index is 0.0921. The smallest absolute Gasteiger partial charge is 0.275 e. The number of nitrogens with zero attached hydrogens (tertiary/aromatic N) is 4. The number of carbonyl (C=O) groups excluding carboxylic acids is 2. The molecule has 0 radical (unpaired) electrons. The minimum atomic E-state index is -0.273. The Morgan fingerprint density at radius 1 is 0.963 bits per heavy atom. The Balaban J connectivity index is 1.67. The lowest BCUT2D eigenvalue weighted by molar-refractivity contribution is -0.129. The summed E-state index contributed by atoms with van der Waals surface area (Å²) in [5.74, 6) is 0.539. The first kappa shape index (κ1) is 18.8. The second-order valence-corrected chi connectivity index (χ2v) is 6.98. The third-order valence-corrected chi connectivity index (χ3v) is 4.84. The molecule has 2 amide bonds. The molecule has 0 spiro atoms. The predicted molar refractivity (Wildman–Crippen MR) is 105 cm³/mol. The van der Waals surface area contributed by atoms with Gasteiger partial charge in [-0.2, -0.15) is 0 Å². The van der Waals surface area contributed by atoms with Gasteiger partial charge in [0.2, 0.25) is 5.91 Å². The molecule has 27 heavy (non-hydrogen) atoms. The molecule has 1 saturated heterocycles. The number of anilines is 2. The van der Waals surface area contributed by atoms with Gasteiger partial charge in [-0.05, 0) is 31.9 Å². The van der Waals surface area contributed by atoms with Crippen LogP contribution in [0.1, 0.15) is 34.1 Å². The summed E-state index contributed by atoms with van der Waals surface area (Å²) >= 11 is 0. The molecule has 0 saturated carbocycles. The van der Waals surface area contributed by atoms with Crippen LogP contribution in [0.5, 0.6) is 0 Å². The first-order valence-corrected chi connectivity index (χ1v) is 9.07. The molecule has 0 atom stereocenters. The highest BCUT2D eigenvalue weighted by molar-refractivity contribution is 6.03. The molecule has 142 valence electrons. The van der Waals surface area contributed by atoms with Crippen LogP contribution in [0, 0.1) is 20.8 Å². The van der Waals surface area contributed by atoms with Gasteiger partial charge < -0.3 is 15.1 Å². The summed E-state index contributed by atoms with van der Waals surface area (Å²) in [6.07, 6.45) is 3.12. The number of hydrogen-bond acceptors (Lipinski definition) is 5. The number of aryl methyl sites for hydroxylation is 3. The van der Waals surface area contributed by atoms with Gasteiger partial charge in [0, 0.05) is 38.8 Å². The summed E-state index contributed by atoms with van der Waals surface area (Å²) < 4.78 is 0. The van der Waals surface area contributed by atoms with Crippen LogP contribution in [-0.2, 0) is 4.79 Å². The largest absolute Gasteiger partial charge is 0.352 e. The van der Waals surface area contributed by atoms with Crippen LogP contribution in [0.15, 0.2) is 24.5 Å². The topological polar surface area (TPSA) is 78.4 Å². The van der Waals surface area contributed by atoms with Gasteiger partial charge in [-0.3, -0.25) is 9.59 Å². The van der Waals surface area contributed by atoms with Crippen molar-refractivity contribution in [1.29, 1.82) is 0 Å². The Hall–Kier alpha value is -2.96. The van der Waals surface area contributed by atoms with E-state index in [0.29, 0.717) is 26.2 Å². The maximum atomic E-state index is 12.5. The average Bonchev–Trinajstić information content (AvgIpc) is 2.64. The lowest BCUT2D eigenvalue weighted by atomic mass is 10.1. The summed E-state index contributed by atoms with van der Waals surface area (Å²) in [5, 5.41) is 2.94. The van der Waals surface area contributed by atoms with E-state index in [9.17, 15) is 9.59 Å². The van der Waals surface area contributed by atoms with Gasteiger partial charge in [-0.25, -0.2) is 9.97 Å². The van der Waals surface area contributed by atoms with Crippen molar-refractivity contribution >= 4 is 23.3 Å². The molecule has 2 aromatic rings. The molecule has 1 aliphatic rings. The number of carbonyl (C=O) groups is 2. The zero-order valence-electron chi connectivity index (χ0n) is 16.2. The summed E-state index contributed by atoms with van der Waals surface area (Å²) in [5.41, 5.74) is 4.30. The standard InChI is InChI=1S/C20H25N5O2/c1-13-9-14(2)19(15(3)10-13)23-20(27)17-11-22-18(12-21-17)25-7-5-24(6-8-25)16(4)26/h9-12H,5-8H2,1-4H3,(H,23,27). The Labute approximate surface area is 159 Å². The fraction of sp³-hybridized carbons (Fsp3) is 0.400. The first-order chi connectivity index (χ1) is 12.8. The van der Waals surface area contributed by atoms with Crippen molar-refractivity contribution < 1.29 is 9.59 Å². The summed E-state index contributed by atoms with van der Waals surface area (Å²) in [7, 11) is 0. The number of amides is 2. The molecular weight excluding hydrogens is 342 g/mol. The molecule has 0 bridgehead atoms. The molecule has 0 unspecified atom stereocenters. The Morgan fingerprint density at radius 3 is 2.11 bits per heavy atom. The van der Waals surface area contributed by atoms with E-state index in [1.807, 2.05) is 37.8 Å². The molecule has 3 rings (SSSR count). The number of hydrogen-bond donors (Lipinski definition) is 1. The number of nitrogens with one attached hydrogen (secondary N) is 1. The van der Waals surface area contributed by atoms with Gasteiger partial charge in [-0.15, -0.1) is 0 Å². The van der Waals surface area contributed by atoms with Crippen LogP contribution in [0.25, 0.3) is 0 Å². The van der Waals surface area contributed by atoms with Crippen molar-refractivity contribution in [2.24, 2.45) is 0 Å². The Bertz CT molecular complexity index is 832. The maximum absolute atomic E-state index is 12.5. The van der Waals surface area contributed by atoms with Crippen molar-refractivity contribution in [1.82, 2.24) is 14.9 Å². The monoisotopic (exact) mass is 367 g/mol. The highest BCUT2D eigenvalue weighted by atomic mass is 16.2. The van der Waals surface area contributed by atoms with Crippen LogP contribution in [0.4, 0.5) is 11.5 Å². The van der Waals surface area contributed by atoms with E-state index in [4.69, 9.17) is 0 Å². The highest BCUT2D eigenvalue weighted by Crippen LogP contribution is 2.22. The van der Waals surface area contributed by atoms with E-state index in [0.717, 1.165) is 28.2 Å². The van der Waals surface area contributed by atoms with Crippen molar-refractivity contribution in [2.45, 2.75) is 27.7 Å². The molecule has 1 aromatic heterocycles. The van der Waals surface area contributed by atoms with E-state index < -0.39 is 0 Å². The van der Waals surface area contributed by atoms with Gasteiger partial charge in [0.05, 0.1) is 12.4 Å². The first-order valence-electron chi connectivity index (χ1n) is 9.07. The SMILES string of the molecule is CC(=O)N1CCN(c2cnc(C(=O)Nc3c(C)cc(C)cc3C)cn2)CC1. The van der Waals surface area contributed by atoms with Crippen molar-refractivity contribution in [3.8, 4) is 0 Å². The molecule has 1 N–H and O–H groups in total. The Morgan fingerprint density at radius 2 is 1.59 bits per heavy atom. The van der Waals surface area contributed by atoms with Gasteiger partial charge >= 0.3 is 0 Å². The second kappa shape index (κ2) is 7.73. The lowest BCUT2D eigenvalue weighted by Crippen LogP contribution is -2.48. The van der Waals surface area contributed by atoms with Crippen LogP contribution >= 0.6 is 0 Å². The zero-order chi connectivity index (χ0) is 19.6. The van der Waals surface area contributed by atoms with E-state index >= 15 is 0 Å². The molecule has 7 nitrogen and oxygen atoms in total. The van der Waals surface area contributed by atoms with Crippen LogP contribution < -0.4 is 10.2 Å². The number of benzene rings is 1. The quantitative estimate of drug-likeness (QED) is 0.901. The van der Waals surface area contributed by atoms with Gasteiger partial charge in [-0.1, -0.05) is 17.7 Å². The number of piperazine rings is 1. The van der Waals surface area contributed by atoms with E-state index in [-0.39, 0.29) is 17.5 Å². The van der Waals surface area contributed by atoms with Crippen LogP contribution in [0.2, 0.25) is 0 Å². The molecule has 7 heteroatoms. The Kier molecular flexibility index (Phi) is 5.39. The predicted octanol–water partition coefficient (Wildman–Crippen LogP) is 2.32. The lowest BCUT2D eigenvalue weighted by Gasteiger charge is -2.34. The second-order valence-electron chi connectivity index (χ2n) is 6.98.